The number of hydrogen-bond donors (Lipinski definition) is 0. The Morgan fingerprint density at radius 3 is 2.71 bits per heavy atom. The Balaban J connectivity index is 1.89. The second-order valence-electron chi connectivity index (χ2n) is 4.88. The van der Waals surface area contributed by atoms with Crippen molar-refractivity contribution < 1.29 is 8.78 Å². The third-order valence-corrected chi connectivity index (χ3v) is 3.35. The first-order chi connectivity index (χ1) is 8.22. The van der Waals surface area contributed by atoms with Crippen LogP contribution >= 0.6 is 0 Å². The summed E-state index contributed by atoms with van der Waals surface area (Å²) in [5.41, 5.74) is -0.0835. The van der Waals surface area contributed by atoms with Gasteiger partial charge in [0, 0.05) is 26.1 Å². The maximum Gasteiger partial charge on any atom is 0.128 e. The fraction of sp³-hybridized carbons (Fsp3) is 0.571. The lowest BCUT2D eigenvalue weighted by molar-refractivity contribution is 0.164. The highest BCUT2D eigenvalue weighted by Crippen LogP contribution is 2.29. The topological polar surface area (TPSA) is 3.24 Å². The molecule has 1 fully saturated rings. The first-order valence-corrected chi connectivity index (χ1v) is 6.23. The van der Waals surface area contributed by atoms with E-state index in [1.54, 1.807) is 0 Å². The van der Waals surface area contributed by atoms with E-state index in [0.29, 0.717) is 32.4 Å². The average molecular weight is 239 g/mol. The van der Waals surface area contributed by atoms with Gasteiger partial charge in [0.25, 0.3) is 0 Å². The molecule has 2 rings (SSSR count). The summed E-state index contributed by atoms with van der Waals surface area (Å²) in [7, 11) is 0. The van der Waals surface area contributed by atoms with E-state index in [9.17, 15) is 8.78 Å². The average Bonchev–Trinajstić information content (AvgIpc) is 2.69. The van der Waals surface area contributed by atoms with E-state index in [0.717, 1.165) is 12.1 Å². The van der Waals surface area contributed by atoms with Crippen molar-refractivity contribution in [2.24, 2.45) is 0 Å². The van der Waals surface area contributed by atoms with Gasteiger partial charge in [0.15, 0.2) is 0 Å². The highest BCUT2D eigenvalue weighted by Gasteiger charge is 2.37. The molecule has 1 heterocycles. The zero-order valence-corrected chi connectivity index (χ0v) is 10.0. The zero-order chi connectivity index (χ0) is 12.1. The highest BCUT2D eigenvalue weighted by atomic mass is 19.1. The zero-order valence-electron chi connectivity index (χ0n) is 10.0. The molecule has 17 heavy (non-hydrogen) atoms. The van der Waals surface area contributed by atoms with E-state index >= 15 is 0 Å². The van der Waals surface area contributed by atoms with Crippen molar-refractivity contribution in [2.45, 2.75) is 24.9 Å². The summed E-state index contributed by atoms with van der Waals surface area (Å²) in [6.45, 7) is 1.57. The van der Waals surface area contributed by atoms with Crippen LogP contribution in [0.15, 0.2) is 30.3 Å². The second kappa shape index (κ2) is 5.58. The van der Waals surface area contributed by atoms with Crippen LogP contribution in [-0.2, 0) is 6.42 Å². The van der Waals surface area contributed by atoms with Crippen molar-refractivity contribution in [2.75, 3.05) is 26.3 Å². The standard InChI is InChI=1S/C14H19F2N/c15-8-4-9-17-10-7-14(16,12-17)11-13-5-2-1-3-6-13/h1-3,5-6H,4,7-12H2. The minimum atomic E-state index is -1.13. The van der Waals surface area contributed by atoms with Crippen molar-refractivity contribution in [1.82, 2.24) is 4.90 Å². The predicted molar refractivity (Wildman–Crippen MR) is 65.6 cm³/mol. The molecule has 0 radical (unpaired) electrons. The summed E-state index contributed by atoms with van der Waals surface area (Å²) >= 11 is 0. The number of benzene rings is 1. The molecule has 3 heteroatoms. The number of halogens is 2. The van der Waals surface area contributed by atoms with Crippen LogP contribution in [0.4, 0.5) is 8.78 Å². The lowest BCUT2D eigenvalue weighted by atomic mass is 9.96. The molecule has 1 aromatic carbocycles. The molecule has 94 valence electrons. The minimum absolute atomic E-state index is 0.311. The van der Waals surface area contributed by atoms with Crippen LogP contribution < -0.4 is 0 Å². The molecule has 1 aliphatic heterocycles. The van der Waals surface area contributed by atoms with Crippen molar-refractivity contribution in [3.05, 3.63) is 35.9 Å². The molecule has 1 aromatic rings. The monoisotopic (exact) mass is 239 g/mol. The Hall–Kier alpha value is -0.960. The van der Waals surface area contributed by atoms with Gasteiger partial charge in [0.1, 0.15) is 5.67 Å². The fourth-order valence-electron chi connectivity index (χ4n) is 2.50. The third kappa shape index (κ3) is 3.50. The largest absolute Gasteiger partial charge is 0.300 e. The van der Waals surface area contributed by atoms with Crippen molar-refractivity contribution in [3.63, 3.8) is 0 Å². The Kier molecular flexibility index (Phi) is 4.11. The molecular formula is C14H19F2N. The van der Waals surface area contributed by atoms with Gasteiger partial charge in [-0.2, -0.15) is 0 Å². The minimum Gasteiger partial charge on any atom is -0.300 e. The van der Waals surface area contributed by atoms with E-state index in [4.69, 9.17) is 0 Å². The predicted octanol–water partition coefficient (Wildman–Crippen LogP) is 3.00. The van der Waals surface area contributed by atoms with E-state index in [-0.39, 0.29) is 6.67 Å². The Labute approximate surface area is 101 Å². The smallest absolute Gasteiger partial charge is 0.128 e. The van der Waals surface area contributed by atoms with Crippen LogP contribution in [0, 0.1) is 0 Å². The summed E-state index contributed by atoms with van der Waals surface area (Å²) in [5, 5.41) is 0. The summed E-state index contributed by atoms with van der Waals surface area (Å²) in [6.07, 6.45) is 1.55. The molecule has 0 spiro atoms. The van der Waals surface area contributed by atoms with Crippen LogP contribution in [0.1, 0.15) is 18.4 Å². The maximum atomic E-state index is 14.5. The fourth-order valence-corrected chi connectivity index (χ4v) is 2.50. The Morgan fingerprint density at radius 2 is 2.00 bits per heavy atom. The molecule has 1 atom stereocenters. The van der Waals surface area contributed by atoms with E-state index in [1.165, 1.54) is 0 Å². The molecule has 0 aromatic heterocycles. The van der Waals surface area contributed by atoms with Gasteiger partial charge >= 0.3 is 0 Å². The van der Waals surface area contributed by atoms with Gasteiger partial charge in [-0.05, 0) is 18.4 Å². The van der Waals surface area contributed by atoms with Gasteiger partial charge in [-0.3, -0.25) is 9.29 Å². The lowest BCUT2D eigenvalue weighted by Crippen LogP contribution is -2.31. The first-order valence-electron chi connectivity index (χ1n) is 6.23. The molecule has 1 nitrogen and oxygen atoms in total. The first kappa shape index (κ1) is 12.5. The highest BCUT2D eigenvalue weighted by molar-refractivity contribution is 5.18. The van der Waals surface area contributed by atoms with Crippen LogP contribution in [-0.4, -0.2) is 36.9 Å². The molecule has 1 unspecified atom stereocenters. The van der Waals surface area contributed by atoms with Crippen LogP contribution in [0.25, 0.3) is 0 Å². The maximum absolute atomic E-state index is 14.5. The van der Waals surface area contributed by atoms with Gasteiger partial charge in [-0.1, -0.05) is 30.3 Å². The van der Waals surface area contributed by atoms with Crippen LogP contribution in [0.2, 0.25) is 0 Å². The van der Waals surface area contributed by atoms with Crippen molar-refractivity contribution in [1.29, 1.82) is 0 Å². The molecule has 0 aliphatic carbocycles. The number of hydrogen-bond acceptors (Lipinski definition) is 1. The lowest BCUT2D eigenvalue weighted by Gasteiger charge is -2.20. The molecule has 0 bridgehead atoms. The van der Waals surface area contributed by atoms with Gasteiger partial charge in [-0.15, -0.1) is 0 Å². The molecule has 0 amide bonds. The van der Waals surface area contributed by atoms with Crippen LogP contribution in [0.3, 0.4) is 0 Å². The molecule has 0 saturated carbocycles. The van der Waals surface area contributed by atoms with Gasteiger partial charge in [0.05, 0.1) is 6.67 Å². The van der Waals surface area contributed by atoms with E-state index < -0.39 is 5.67 Å². The summed E-state index contributed by atoms with van der Waals surface area (Å²) in [6, 6.07) is 9.75. The van der Waals surface area contributed by atoms with Crippen molar-refractivity contribution in [3.8, 4) is 0 Å². The Morgan fingerprint density at radius 1 is 1.24 bits per heavy atom. The molecule has 0 N–H and O–H groups in total. The van der Waals surface area contributed by atoms with E-state index in [1.807, 2.05) is 35.2 Å². The number of rotatable bonds is 5. The number of alkyl halides is 2. The molecular weight excluding hydrogens is 220 g/mol. The summed E-state index contributed by atoms with van der Waals surface area (Å²) in [5.74, 6) is 0. The van der Waals surface area contributed by atoms with Gasteiger partial charge in [-0.25, -0.2) is 4.39 Å². The Bertz CT molecular complexity index is 341. The number of likely N-dealkylation sites (tertiary alicyclic amines) is 1. The van der Waals surface area contributed by atoms with Gasteiger partial charge in [0.2, 0.25) is 0 Å². The summed E-state index contributed by atoms with van der Waals surface area (Å²) in [4.78, 5) is 2.03. The van der Waals surface area contributed by atoms with Crippen LogP contribution in [0.5, 0.6) is 0 Å². The van der Waals surface area contributed by atoms with E-state index in [2.05, 4.69) is 0 Å². The van der Waals surface area contributed by atoms with Gasteiger partial charge < -0.3 is 0 Å². The number of nitrogens with zero attached hydrogens (tertiary/aromatic N) is 1. The second-order valence-corrected chi connectivity index (χ2v) is 4.88. The summed E-state index contributed by atoms with van der Waals surface area (Å²) < 4.78 is 26.6. The molecule has 1 aliphatic rings. The SMILES string of the molecule is FCCCN1CCC(F)(Cc2ccccc2)C1. The molecule has 1 saturated heterocycles. The van der Waals surface area contributed by atoms with Crippen molar-refractivity contribution >= 4 is 0 Å². The normalized spacial score (nSPS) is 25.3. The quantitative estimate of drug-likeness (QED) is 0.763. The third-order valence-electron chi connectivity index (χ3n) is 3.35.